The van der Waals surface area contributed by atoms with E-state index in [1.54, 1.807) is 0 Å². The first-order valence-electron chi connectivity index (χ1n) is 5.82. The number of hydrogen-bond donors (Lipinski definition) is 0. The van der Waals surface area contributed by atoms with Crippen molar-refractivity contribution >= 4 is 29.4 Å². The Labute approximate surface area is 118 Å². The van der Waals surface area contributed by atoms with Gasteiger partial charge in [0.05, 0.1) is 0 Å². The fourth-order valence-corrected chi connectivity index (χ4v) is 4.71. The van der Waals surface area contributed by atoms with Crippen LogP contribution in [0.3, 0.4) is 0 Å². The first-order chi connectivity index (χ1) is 9.06. The first-order valence-corrected chi connectivity index (χ1v) is 7.91. The van der Waals surface area contributed by atoms with Crippen molar-refractivity contribution in [1.29, 1.82) is 0 Å². The minimum atomic E-state index is -3.00. The molecule has 19 heavy (non-hydrogen) atoms. The van der Waals surface area contributed by atoms with Crippen molar-refractivity contribution in [2.24, 2.45) is 0 Å². The smallest absolute Gasteiger partial charge is 0.171 e. The lowest BCUT2D eigenvalue weighted by molar-refractivity contribution is 0.591. The molecule has 0 saturated heterocycles. The second-order valence-electron chi connectivity index (χ2n) is 4.13. The maximum atomic E-state index is 13.5. The van der Waals surface area contributed by atoms with Crippen LogP contribution in [0.25, 0.3) is 0 Å². The summed E-state index contributed by atoms with van der Waals surface area (Å²) in [6.07, 6.45) is 0. The molecule has 0 bridgehead atoms. The summed E-state index contributed by atoms with van der Waals surface area (Å²) in [5.74, 6) is 0. The van der Waals surface area contributed by atoms with Crippen LogP contribution in [-0.4, -0.2) is 0 Å². The van der Waals surface area contributed by atoms with Crippen LogP contribution in [0.2, 0.25) is 0 Å². The van der Waals surface area contributed by atoms with E-state index in [-0.39, 0.29) is 5.03 Å². The molecule has 0 N–H and O–H groups in total. The van der Waals surface area contributed by atoms with Gasteiger partial charge in [-0.3, -0.25) is 0 Å². The van der Waals surface area contributed by atoms with E-state index in [0.717, 1.165) is 0 Å². The van der Waals surface area contributed by atoms with Gasteiger partial charge < -0.3 is 4.57 Å². The van der Waals surface area contributed by atoms with E-state index in [1.165, 1.54) is 0 Å². The minimum absolute atomic E-state index is 0.232. The van der Waals surface area contributed by atoms with Gasteiger partial charge in [0.15, 0.2) is 7.14 Å². The maximum Gasteiger partial charge on any atom is 0.171 e. The fourth-order valence-electron chi connectivity index (χ4n) is 1.91. The third-order valence-electron chi connectivity index (χ3n) is 2.93. The average Bonchev–Trinajstić information content (AvgIpc) is 2.47. The predicted octanol–water partition coefficient (Wildman–Crippen LogP) is 4.27. The summed E-state index contributed by atoms with van der Waals surface area (Å²) >= 11 is 5.95. The Balaban J connectivity index is 2.68. The summed E-state index contributed by atoms with van der Waals surface area (Å²) in [4.78, 5) is 0. The van der Waals surface area contributed by atoms with Crippen LogP contribution in [0.4, 0.5) is 0 Å². The Morgan fingerprint density at radius 2 is 1.21 bits per heavy atom. The van der Waals surface area contributed by atoms with Crippen molar-refractivity contribution < 1.29 is 4.57 Å². The van der Waals surface area contributed by atoms with E-state index in [0.29, 0.717) is 15.9 Å². The topological polar surface area (TPSA) is 17.1 Å². The molecule has 0 radical (unpaired) electrons. The molecule has 0 aliphatic rings. The Hall–Kier alpha value is -1.56. The van der Waals surface area contributed by atoms with Gasteiger partial charge in [-0.25, -0.2) is 0 Å². The van der Waals surface area contributed by atoms with Gasteiger partial charge in [0.1, 0.15) is 0 Å². The molecule has 0 atom stereocenters. The minimum Gasteiger partial charge on any atom is -0.309 e. The highest BCUT2D eigenvalue weighted by Crippen LogP contribution is 2.54. The number of hydrogen-bond acceptors (Lipinski definition) is 1. The molecule has 0 aliphatic heterocycles. The Kier molecular flexibility index (Phi) is 4.09. The number of allylic oxidation sites excluding steroid dienone is 2. The van der Waals surface area contributed by atoms with Crippen molar-refractivity contribution in [2.75, 3.05) is 0 Å². The normalized spacial score (nSPS) is 11.0. The zero-order valence-corrected chi connectivity index (χ0v) is 12.1. The van der Waals surface area contributed by atoms with Crippen LogP contribution in [0.5, 0.6) is 0 Å². The monoisotopic (exact) mass is 288 g/mol. The Bertz CT molecular complexity index is 603. The molecule has 2 aromatic carbocycles. The van der Waals surface area contributed by atoms with Gasteiger partial charge in [0.25, 0.3) is 0 Å². The van der Waals surface area contributed by atoms with Gasteiger partial charge in [-0.1, -0.05) is 85.4 Å². The highest BCUT2D eigenvalue weighted by atomic mass is 35.5. The third-order valence-corrected chi connectivity index (χ3v) is 6.37. The quantitative estimate of drug-likeness (QED) is 0.607. The molecule has 0 aliphatic carbocycles. The summed E-state index contributed by atoms with van der Waals surface area (Å²) in [6, 6.07) is 18.5. The maximum absolute atomic E-state index is 13.5. The number of halogens is 1. The molecule has 0 fully saturated rings. The molecule has 0 heterocycles. The molecule has 0 saturated carbocycles. The predicted molar refractivity (Wildman–Crippen MR) is 83.9 cm³/mol. The molecule has 1 nitrogen and oxygen atoms in total. The summed E-state index contributed by atoms with van der Waals surface area (Å²) in [7, 11) is -3.00. The fraction of sp³-hybridized carbons (Fsp3) is 0. The molecule has 0 spiro atoms. The SMILES string of the molecule is C=C(Cl)C(=C)P(=O)(c1ccccc1)c1ccccc1. The van der Waals surface area contributed by atoms with Crippen molar-refractivity contribution in [2.45, 2.75) is 0 Å². The van der Waals surface area contributed by atoms with Gasteiger partial charge in [0.2, 0.25) is 0 Å². The molecule has 96 valence electrons. The number of benzene rings is 2. The van der Waals surface area contributed by atoms with Crippen LogP contribution in [0, 0.1) is 0 Å². The van der Waals surface area contributed by atoms with Crippen LogP contribution < -0.4 is 10.6 Å². The summed E-state index contributed by atoms with van der Waals surface area (Å²) in [5, 5.41) is 2.05. The van der Waals surface area contributed by atoms with Crippen molar-refractivity contribution in [3.05, 3.63) is 84.2 Å². The summed E-state index contributed by atoms with van der Waals surface area (Å²) in [5.41, 5.74) is 0. The van der Waals surface area contributed by atoms with E-state index in [4.69, 9.17) is 11.6 Å². The molecule has 2 rings (SSSR count). The Morgan fingerprint density at radius 1 is 0.842 bits per heavy atom. The van der Waals surface area contributed by atoms with Gasteiger partial charge in [-0.2, -0.15) is 0 Å². The zero-order chi connectivity index (χ0) is 13.9. The second kappa shape index (κ2) is 5.61. The molecular formula is C16H14ClOP. The lowest BCUT2D eigenvalue weighted by Crippen LogP contribution is -2.17. The molecule has 3 heteroatoms. The molecule has 0 amide bonds. The van der Waals surface area contributed by atoms with E-state index in [9.17, 15) is 4.57 Å². The third kappa shape index (κ3) is 2.58. The zero-order valence-electron chi connectivity index (χ0n) is 10.4. The average molecular weight is 289 g/mol. The molecule has 0 unspecified atom stereocenters. The largest absolute Gasteiger partial charge is 0.309 e. The lowest BCUT2D eigenvalue weighted by Gasteiger charge is -2.21. The van der Waals surface area contributed by atoms with Crippen molar-refractivity contribution in [3.8, 4) is 0 Å². The van der Waals surface area contributed by atoms with E-state index in [1.807, 2.05) is 60.7 Å². The molecule has 0 aromatic heterocycles. The summed E-state index contributed by atoms with van der Waals surface area (Å²) < 4.78 is 13.5. The molecule has 2 aromatic rings. The van der Waals surface area contributed by atoms with Gasteiger partial charge in [-0.05, 0) is 0 Å². The number of rotatable bonds is 4. The van der Waals surface area contributed by atoms with Gasteiger partial charge in [-0.15, -0.1) is 0 Å². The standard InChI is InChI=1S/C16H14ClOP/c1-13(17)14(2)19(18,15-9-5-3-6-10-15)16-11-7-4-8-12-16/h3-12H,1-2H2. The Morgan fingerprint density at radius 3 is 1.53 bits per heavy atom. The molecular weight excluding hydrogens is 275 g/mol. The highest BCUT2D eigenvalue weighted by molar-refractivity contribution is 7.82. The van der Waals surface area contributed by atoms with Crippen LogP contribution in [0.15, 0.2) is 84.2 Å². The van der Waals surface area contributed by atoms with Crippen LogP contribution in [-0.2, 0) is 4.57 Å². The first kappa shape index (κ1) is 13.9. The van der Waals surface area contributed by atoms with Gasteiger partial charge >= 0.3 is 0 Å². The highest BCUT2D eigenvalue weighted by Gasteiger charge is 2.31. The van der Waals surface area contributed by atoms with Crippen LogP contribution >= 0.6 is 18.7 Å². The van der Waals surface area contributed by atoms with Crippen LogP contribution in [0.1, 0.15) is 0 Å². The lowest BCUT2D eigenvalue weighted by atomic mass is 10.4. The van der Waals surface area contributed by atoms with Crippen molar-refractivity contribution in [1.82, 2.24) is 0 Å². The van der Waals surface area contributed by atoms with Crippen molar-refractivity contribution in [3.63, 3.8) is 0 Å². The van der Waals surface area contributed by atoms with E-state index >= 15 is 0 Å². The van der Waals surface area contributed by atoms with E-state index < -0.39 is 7.14 Å². The summed E-state index contributed by atoms with van der Waals surface area (Å²) in [6.45, 7) is 7.55. The van der Waals surface area contributed by atoms with Gasteiger partial charge in [0, 0.05) is 21.0 Å². The second-order valence-corrected chi connectivity index (χ2v) is 7.38. The van der Waals surface area contributed by atoms with E-state index in [2.05, 4.69) is 13.2 Å².